The van der Waals surface area contributed by atoms with Crippen molar-refractivity contribution in [2.45, 2.75) is 57.5 Å². The van der Waals surface area contributed by atoms with Gasteiger partial charge >= 0.3 is 0 Å². The van der Waals surface area contributed by atoms with Gasteiger partial charge in [0.1, 0.15) is 0 Å². The minimum Gasteiger partial charge on any atom is -0.357 e. The van der Waals surface area contributed by atoms with Crippen LogP contribution in [0, 0.1) is 5.92 Å². The molecule has 2 N–H and O–H groups in total. The van der Waals surface area contributed by atoms with Crippen molar-refractivity contribution < 1.29 is 0 Å². The summed E-state index contributed by atoms with van der Waals surface area (Å²) in [5, 5.41) is 7.12. The van der Waals surface area contributed by atoms with E-state index in [4.69, 9.17) is 4.99 Å². The third-order valence-corrected chi connectivity index (χ3v) is 5.51. The monoisotopic (exact) mass is 449 g/mol. The average molecular weight is 449 g/mol. The van der Waals surface area contributed by atoms with Crippen LogP contribution in [0.25, 0.3) is 0 Å². The van der Waals surface area contributed by atoms with Crippen molar-refractivity contribution in [3.63, 3.8) is 0 Å². The molecule has 6 heteroatoms. The van der Waals surface area contributed by atoms with Crippen LogP contribution in [-0.4, -0.2) is 74.2 Å². The van der Waals surface area contributed by atoms with Crippen molar-refractivity contribution in [3.05, 3.63) is 0 Å². The van der Waals surface area contributed by atoms with Crippen LogP contribution >= 0.6 is 24.0 Å². The molecule has 5 nitrogen and oxygen atoms in total. The number of hydrogen-bond acceptors (Lipinski definition) is 3. The third-order valence-electron chi connectivity index (χ3n) is 5.51. The van der Waals surface area contributed by atoms with Gasteiger partial charge < -0.3 is 20.4 Å². The largest absolute Gasteiger partial charge is 0.357 e. The molecule has 3 fully saturated rings. The van der Waals surface area contributed by atoms with Gasteiger partial charge in [0.05, 0.1) is 0 Å². The van der Waals surface area contributed by atoms with Crippen LogP contribution in [-0.2, 0) is 0 Å². The summed E-state index contributed by atoms with van der Waals surface area (Å²) in [6.45, 7) is 9.02. The van der Waals surface area contributed by atoms with Gasteiger partial charge in [-0.1, -0.05) is 0 Å². The molecule has 1 aliphatic carbocycles. The fraction of sp³-hybridized carbons (Fsp3) is 0.944. The van der Waals surface area contributed by atoms with Gasteiger partial charge in [0.15, 0.2) is 5.96 Å². The van der Waals surface area contributed by atoms with Gasteiger partial charge in [-0.3, -0.25) is 4.99 Å². The molecule has 0 aromatic heterocycles. The highest BCUT2D eigenvalue weighted by Gasteiger charge is 2.31. The number of halogens is 1. The lowest BCUT2D eigenvalue weighted by molar-refractivity contribution is 0.197. The van der Waals surface area contributed by atoms with Gasteiger partial charge in [-0.25, -0.2) is 0 Å². The number of nitrogens with zero attached hydrogens (tertiary/aromatic N) is 3. The molecule has 2 saturated heterocycles. The lowest BCUT2D eigenvalue weighted by Crippen LogP contribution is -2.49. The molecule has 1 unspecified atom stereocenters. The number of aliphatic imine (C=N–C) groups is 1. The molecule has 1 atom stereocenters. The predicted octanol–water partition coefficient (Wildman–Crippen LogP) is 2.13. The van der Waals surface area contributed by atoms with Crippen molar-refractivity contribution in [1.29, 1.82) is 0 Å². The smallest absolute Gasteiger partial charge is 0.191 e. The van der Waals surface area contributed by atoms with Crippen molar-refractivity contribution in [2.24, 2.45) is 10.9 Å². The van der Waals surface area contributed by atoms with E-state index in [2.05, 4.69) is 34.4 Å². The molecule has 0 aromatic rings. The van der Waals surface area contributed by atoms with Crippen LogP contribution in [0.15, 0.2) is 4.99 Å². The Bertz CT molecular complexity index is 391. The number of rotatable bonds is 5. The molecule has 2 aliphatic heterocycles. The van der Waals surface area contributed by atoms with Crippen LogP contribution in [0.2, 0.25) is 0 Å². The zero-order valence-corrected chi connectivity index (χ0v) is 17.8. The van der Waals surface area contributed by atoms with E-state index in [1.807, 2.05) is 0 Å². The van der Waals surface area contributed by atoms with Crippen molar-refractivity contribution in [2.75, 3.05) is 46.3 Å². The van der Waals surface area contributed by atoms with Gasteiger partial charge in [0.25, 0.3) is 0 Å². The fourth-order valence-electron chi connectivity index (χ4n) is 4.00. The van der Waals surface area contributed by atoms with Gasteiger partial charge in [-0.15, -0.1) is 24.0 Å². The number of piperidine rings is 2. The Morgan fingerprint density at radius 3 is 2.46 bits per heavy atom. The molecule has 3 aliphatic rings. The molecule has 140 valence electrons. The van der Waals surface area contributed by atoms with Crippen LogP contribution in [0.3, 0.4) is 0 Å². The lowest BCUT2D eigenvalue weighted by atomic mass is 9.99. The molecule has 24 heavy (non-hydrogen) atoms. The first-order valence-corrected chi connectivity index (χ1v) is 9.72. The number of hydrogen-bond donors (Lipinski definition) is 2. The van der Waals surface area contributed by atoms with Crippen molar-refractivity contribution >= 4 is 29.9 Å². The first kappa shape index (κ1) is 20.2. The van der Waals surface area contributed by atoms with Crippen molar-refractivity contribution in [3.8, 4) is 0 Å². The molecule has 0 bridgehead atoms. The Morgan fingerprint density at radius 1 is 1.08 bits per heavy atom. The summed E-state index contributed by atoms with van der Waals surface area (Å²) in [6.07, 6.45) is 8.02. The first-order valence-electron chi connectivity index (χ1n) is 9.72. The SMILES string of the molecule is CCNC(=NCC1CCCN(C)C1)NC1CCN(C2CC2)CC1.I. The maximum absolute atomic E-state index is 4.89. The summed E-state index contributed by atoms with van der Waals surface area (Å²) < 4.78 is 0. The second kappa shape index (κ2) is 10.2. The highest BCUT2D eigenvalue weighted by atomic mass is 127. The quantitative estimate of drug-likeness (QED) is 0.384. The van der Waals surface area contributed by atoms with Gasteiger partial charge in [-0.05, 0) is 65.0 Å². The molecule has 1 saturated carbocycles. The average Bonchev–Trinajstić information content (AvgIpc) is 3.39. The van der Waals surface area contributed by atoms with E-state index in [1.54, 1.807) is 0 Å². The second-order valence-electron chi connectivity index (χ2n) is 7.68. The minimum absolute atomic E-state index is 0. The number of likely N-dealkylation sites (tertiary alicyclic amines) is 2. The molecular formula is C18H36IN5. The maximum atomic E-state index is 4.89. The maximum Gasteiger partial charge on any atom is 0.191 e. The van der Waals surface area contributed by atoms with E-state index < -0.39 is 0 Å². The van der Waals surface area contributed by atoms with E-state index in [0.717, 1.165) is 31.0 Å². The first-order chi connectivity index (χ1) is 11.2. The van der Waals surface area contributed by atoms with Crippen LogP contribution < -0.4 is 10.6 Å². The van der Waals surface area contributed by atoms with Gasteiger partial charge in [0, 0.05) is 44.8 Å². The Hall–Kier alpha value is -0.0800. The van der Waals surface area contributed by atoms with Gasteiger partial charge in [-0.2, -0.15) is 0 Å². The van der Waals surface area contributed by atoms with Gasteiger partial charge in [0.2, 0.25) is 0 Å². The molecule has 0 radical (unpaired) electrons. The number of nitrogens with one attached hydrogen (secondary N) is 2. The summed E-state index contributed by atoms with van der Waals surface area (Å²) >= 11 is 0. The fourth-order valence-corrected chi connectivity index (χ4v) is 4.00. The standard InChI is InChI=1S/C18H35N5.HI/c1-3-19-18(20-13-15-5-4-10-22(2)14-15)21-16-8-11-23(12-9-16)17-6-7-17;/h15-17H,3-14H2,1-2H3,(H2,19,20,21);1H. The second-order valence-corrected chi connectivity index (χ2v) is 7.68. The number of guanidine groups is 1. The third kappa shape index (κ3) is 6.33. The summed E-state index contributed by atoms with van der Waals surface area (Å²) in [6, 6.07) is 1.51. The Balaban J connectivity index is 0.00000208. The molecule has 0 amide bonds. The minimum atomic E-state index is 0. The topological polar surface area (TPSA) is 42.9 Å². The highest BCUT2D eigenvalue weighted by molar-refractivity contribution is 14.0. The Morgan fingerprint density at radius 2 is 1.83 bits per heavy atom. The van der Waals surface area contributed by atoms with Crippen molar-refractivity contribution in [1.82, 2.24) is 20.4 Å². The van der Waals surface area contributed by atoms with Crippen LogP contribution in [0.1, 0.15) is 45.4 Å². The van der Waals surface area contributed by atoms with Crippen LogP contribution in [0.4, 0.5) is 0 Å². The molecule has 2 heterocycles. The zero-order chi connectivity index (χ0) is 16.1. The zero-order valence-electron chi connectivity index (χ0n) is 15.5. The summed E-state index contributed by atoms with van der Waals surface area (Å²) in [7, 11) is 2.23. The highest BCUT2D eigenvalue weighted by Crippen LogP contribution is 2.29. The molecular weight excluding hydrogens is 413 g/mol. The van der Waals surface area contributed by atoms with E-state index in [9.17, 15) is 0 Å². The lowest BCUT2D eigenvalue weighted by Gasteiger charge is -2.33. The summed E-state index contributed by atoms with van der Waals surface area (Å²) in [5.74, 6) is 1.76. The predicted molar refractivity (Wildman–Crippen MR) is 112 cm³/mol. The molecule has 3 rings (SSSR count). The Kier molecular flexibility index (Phi) is 8.57. The van der Waals surface area contributed by atoms with E-state index in [-0.39, 0.29) is 24.0 Å². The van der Waals surface area contributed by atoms with Crippen LogP contribution in [0.5, 0.6) is 0 Å². The van der Waals surface area contributed by atoms with E-state index in [1.165, 1.54) is 64.7 Å². The Labute approximate surface area is 165 Å². The summed E-state index contributed by atoms with van der Waals surface area (Å²) in [5.41, 5.74) is 0. The van der Waals surface area contributed by atoms with E-state index in [0.29, 0.717) is 6.04 Å². The molecule has 0 aromatic carbocycles. The summed E-state index contributed by atoms with van der Waals surface area (Å²) in [4.78, 5) is 10.0. The normalized spacial score (nSPS) is 27.6. The van der Waals surface area contributed by atoms with E-state index >= 15 is 0 Å². The molecule has 0 spiro atoms.